The van der Waals surface area contributed by atoms with Gasteiger partial charge in [0.1, 0.15) is 12.7 Å². The molecule has 170 valence electrons. The molecule has 0 fully saturated rings. The Kier molecular flexibility index (Phi) is 6.88. The minimum atomic E-state index is -0.428. The van der Waals surface area contributed by atoms with E-state index in [1.54, 1.807) is 34.2 Å². The van der Waals surface area contributed by atoms with Gasteiger partial charge in [0.2, 0.25) is 4.73 Å². The van der Waals surface area contributed by atoms with Crippen LogP contribution in [0.1, 0.15) is 11.1 Å². The smallest absolute Gasteiger partial charge is 0.258 e. The van der Waals surface area contributed by atoms with Crippen molar-refractivity contribution in [2.24, 2.45) is 0 Å². The van der Waals surface area contributed by atoms with Crippen LogP contribution in [0.25, 0.3) is 22.8 Å². The first-order chi connectivity index (χ1) is 16.4. The van der Waals surface area contributed by atoms with E-state index in [1.165, 1.54) is 23.3 Å². The van der Waals surface area contributed by atoms with E-state index in [0.29, 0.717) is 10.6 Å². The maximum atomic E-state index is 10.6. The number of rotatable bonds is 4. The lowest BCUT2D eigenvalue weighted by Gasteiger charge is -2.00. The molecule has 2 aromatic heterocycles. The fraction of sp³-hybridized carbons (Fsp3) is 0.0833. The van der Waals surface area contributed by atoms with Crippen LogP contribution in [0.4, 0.5) is 5.69 Å². The van der Waals surface area contributed by atoms with Crippen LogP contribution >= 0.6 is 15.9 Å². The first-order valence-electron chi connectivity index (χ1n) is 10.3. The van der Waals surface area contributed by atoms with Crippen LogP contribution in [0, 0.1) is 24.0 Å². The largest absolute Gasteiger partial charge is 0.269 e. The Hall–Kier alpha value is -4.18. The molecule has 0 aliphatic rings. The van der Waals surface area contributed by atoms with Crippen LogP contribution in [0.2, 0.25) is 0 Å². The van der Waals surface area contributed by atoms with E-state index in [4.69, 9.17) is 0 Å². The summed E-state index contributed by atoms with van der Waals surface area (Å²) >= 11 is 3.20. The minimum absolute atomic E-state index is 0.0525. The molecule has 5 aromatic rings. The predicted octanol–water partition coefficient (Wildman–Crippen LogP) is 5.49. The van der Waals surface area contributed by atoms with Crippen molar-refractivity contribution in [3.05, 3.63) is 111 Å². The lowest BCUT2D eigenvalue weighted by atomic mass is 10.2. The van der Waals surface area contributed by atoms with Gasteiger partial charge in [-0.1, -0.05) is 35.4 Å². The summed E-state index contributed by atoms with van der Waals surface area (Å²) < 4.78 is 4.01. The topological polar surface area (TPSA) is 105 Å². The zero-order valence-electron chi connectivity index (χ0n) is 18.4. The van der Waals surface area contributed by atoms with Gasteiger partial charge in [0.05, 0.1) is 16.3 Å². The van der Waals surface area contributed by atoms with Crippen LogP contribution < -0.4 is 0 Å². The number of non-ortho nitro benzene ring substituents is 1. The standard InChI is InChI=1S/C15H12N4O2.C9H8BrN3/c1-11-2-6-13(7-3-11)18-10-16-15(17-18)12-4-8-14(9-5-12)19(20)21;1-7-2-4-8(5-3-7)13-6-11-9(10)12-13/h2-10H,1H3;2-6H,1H3. The van der Waals surface area contributed by atoms with Crippen molar-refractivity contribution in [1.29, 1.82) is 0 Å². The summed E-state index contributed by atoms with van der Waals surface area (Å²) in [4.78, 5) is 18.4. The highest BCUT2D eigenvalue weighted by molar-refractivity contribution is 9.10. The van der Waals surface area contributed by atoms with Gasteiger partial charge in [-0.05, 0) is 66.2 Å². The number of halogens is 1. The molecule has 0 aliphatic heterocycles. The molecule has 0 N–H and O–H groups in total. The van der Waals surface area contributed by atoms with Gasteiger partial charge in [0, 0.05) is 17.7 Å². The molecule has 0 radical (unpaired) electrons. The second-order valence-corrected chi connectivity index (χ2v) is 8.16. The number of hydrogen-bond donors (Lipinski definition) is 0. The molecule has 5 rings (SSSR count). The Morgan fingerprint density at radius 3 is 1.71 bits per heavy atom. The zero-order valence-corrected chi connectivity index (χ0v) is 20.0. The summed E-state index contributed by atoms with van der Waals surface area (Å²) in [6.45, 7) is 4.08. The Labute approximate surface area is 204 Å². The van der Waals surface area contributed by atoms with Crippen molar-refractivity contribution in [2.45, 2.75) is 13.8 Å². The Bertz CT molecular complexity index is 1390. The number of benzene rings is 3. The zero-order chi connectivity index (χ0) is 24.1. The number of nitro groups is 1. The average molecular weight is 518 g/mol. The number of aromatic nitrogens is 6. The average Bonchev–Trinajstić information content (AvgIpc) is 3.50. The third kappa shape index (κ3) is 5.59. The van der Waals surface area contributed by atoms with Crippen molar-refractivity contribution in [3.8, 4) is 22.8 Å². The summed E-state index contributed by atoms with van der Waals surface area (Å²) in [5.41, 5.74) is 5.14. The highest BCUT2D eigenvalue weighted by Crippen LogP contribution is 2.20. The van der Waals surface area contributed by atoms with Gasteiger partial charge in [0.15, 0.2) is 5.82 Å². The van der Waals surface area contributed by atoms with Gasteiger partial charge in [0.25, 0.3) is 5.69 Å². The minimum Gasteiger partial charge on any atom is -0.258 e. The molecule has 0 unspecified atom stereocenters. The Morgan fingerprint density at radius 2 is 1.24 bits per heavy atom. The molecule has 9 nitrogen and oxygen atoms in total. The van der Waals surface area contributed by atoms with E-state index in [9.17, 15) is 10.1 Å². The highest BCUT2D eigenvalue weighted by Gasteiger charge is 2.09. The summed E-state index contributed by atoms with van der Waals surface area (Å²) in [5, 5.41) is 19.2. The Balaban J connectivity index is 0.000000180. The second kappa shape index (κ2) is 10.2. The number of nitrogens with zero attached hydrogens (tertiary/aromatic N) is 7. The molecule has 0 saturated heterocycles. The van der Waals surface area contributed by atoms with E-state index < -0.39 is 4.92 Å². The molecular formula is C24H20BrN7O2. The fourth-order valence-corrected chi connectivity index (χ4v) is 3.28. The summed E-state index contributed by atoms with van der Waals surface area (Å²) in [6.07, 6.45) is 3.30. The third-order valence-electron chi connectivity index (χ3n) is 4.89. The molecule has 0 bridgehead atoms. The van der Waals surface area contributed by atoms with Gasteiger partial charge >= 0.3 is 0 Å². The number of hydrogen-bond acceptors (Lipinski definition) is 6. The van der Waals surface area contributed by atoms with Gasteiger partial charge in [-0.25, -0.2) is 19.3 Å². The van der Waals surface area contributed by atoms with Crippen molar-refractivity contribution in [2.75, 3.05) is 0 Å². The van der Waals surface area contributed by atoms with Crippen molar-refractivity contribution in [1.82, 2.24) is 29.5 Å². The van der Waals surface area contributed by atoms with E-state index >= 15 is 0 Å². The fourth-order valence-electron chi connectivity index (χ4n) is 3.01. The van der Waals surface area contributed by atoms with Crippen LogP contribution in [0.3, 0.4) is 0 Å². The second-order valence-electron chi connectivity index (χ2n) is 7.45. The van der Waals surface area contributed by atoms with E-state index in [2.05, 4.69) is 43.0 Å². The van der Waals surface area contributed by atoms with Crippen molar-refractivity contribution < 1.29 is 4.92 Å². The van der Waals surface area contributed by atoms with Crippen LogP contribution in [0.15, 0.2) is 90.2 Å². The molecule has 0 saturated carbocycles. The van der Waals surface area contributed by atoms with E-state index in [0.717, 1.165) is 16.9 Å². The quantitative estimate of drug-likeness (QED) is 0.230. The number of nitro benzene ring substituents is 1. The monoisotopic (exact) mass is 517 g/mol. The molecule has 0 amide bonds. The lowest BCUT2D eigenvalue weighted by molar-refractivity contribution is -0.384. The maximum absolute atomic E-state index is 10.6. The third-order valence-corrected chi connectivity index (χ3v) is 5.25. The first-order valence-corrected chi connectivity index (χ1v) is 11.1. The van der Waals surface area contributed by atoms with Gasteiger partial charge < -0.3 is 0 Å². The van der Waals surface area contributed by atoms with Crippen LogP contribution in [-0.4, -0.2) is 34.5 Å². The molecular weight excluding hydrogens is 498 g/mol. The SMILES string of the molecule is Cc1ccc(-n2cnc(-c3ccc([N+](=O)[O-])cc3)n2)cc1.Cc1ccc(-n2cnc(Br)n2)cc1. The Morgan fingerprint density at radius 1 is 0.735 bits per heavy atom. The van der Waals surface area contributed by atoms with Crippen molar-refractivity contribution >= 4 is 21.6 Å². The van der Waals surface area contributed by atoms with Gasteiger partial charge in [-0.15, -0.1) is 10.2 Å². The molecule has 10 heteroatoms. The number of aryl methyl sites for hydroxylation is 2. The van der Waals surface area contributed by atoms with Crippen LogP contribution in [-0.2, 0) is 0 Å². The summed E-state index contributed by atoms with van der Waals surface area (Å²) in [6, 6.07) is 22.2. The van der Waals surface area contributed by atoms with Gasteiger partial charge in [-0.2, -0.15) is 0 Å². The molecule has 3 aromatic carbocycles. The van der Waals surface area contributed by atoms with E-state index in [1.807, 2.05) is 55.5 Å². The molecule has 2 heterocycles. The molecule has 0 spiro atoms. The normalized spacial score (nSPS) is 10.4. The first kappa shape index (κ1) is 23.0. The van der Waals surface area contributed by atoms with E-state index in [-0.39, 0.29) is 5.69 Å². The maximum Gasteiger partial charge on any atom is 0.269 e. The summed E-state index contributed by atoms with van der Waals surface area (Å²) in [7, 11) is 0. The highest BCUT2D eigenvalue weighted by atomic mass is 79.9. The molecule has 0 aliphatic carbocycles. The summed E-state index contributed by atoms with van der Waals surface area (Å²) in [5.74, 6) is 0.533. The molecule has 0 atom stereocenters. The lowest BCUT2D eigenvalue weighted by Crippen LogP contribution is -1.94. The van der Waals surface area contributed by atoms with Crippen molar-refractivity contribution in [3.63, 3.8) is 0 Å². The van der Waals surface area contributed by atoms with Gasteiger partial charge in [-0.3, -0.25) is 10.1 Å². The van der Waals surface area contributed by atoms with Crippen LogP contribution in [0.5, 0.6) is 0 Å². The molecule has 34 heavy (non-hydrogen) atoms. The predicted molar refractivity (Wildman–Crippen MR) is 132 cm³/mol.